The summed E-state index contributed by atoms with van der Waals surface area (Å²) in [4.78, 5) is 0. The fourth-order valence-corrected chi connectivity index (χ4v) is 2.85. The Morgan fingerprint density at radius 3 is 1.78 bits per heavy atom. The van der Waals surface area contributed by atoms with E-state index in [2.05, 4.69) is 23.7 Å². The van der Waals surface area contributed by atoms with E-state index in [1.165, 1.54) is 0 Å². The second-order valence-corrected chi connectivity index (χ2v) is 6.07. The third-order valence-electron chi connectivity index (χ3n) is 4.21. The molecule has 4 rings (SSSR count). The minimum atomic E-state index is -0.330. The van der Waals surface area contributed by atoms with E-state index in [1.54, 1.807) is 0 Å². The van der Waals surface area contributed by atoms with Crippen LogP contribution in [0.4, 0.5) is 0 Å². The molecule has 130 valence electrons. The largest absolute Gasteiger partial charge is 0.346 e. The molecule has 1 aliphatic rings. The summed E-state index contributed by atoms with van der Waals surface area (Å²) in [5.74, 6) is 13.0. The van der Waals surface area contributed by atoms with Crippen molar-refractivity contribution in [1.29, 1.82) is 0 Å². The van der Waals surface area contributed by atoms with E-state index in [-0.39, 0.29) is 6.29 Å². The van der Waals surface area contributed by atoms with Gasteiger partial charge in [-0.15, -0.1) is 0 Å². The van der Waals surface area contributed by atoms with Gasteiger partial charge in [0.2, 0.25) is 0 Å². The predicted octanol–water partition coefficient (Wildman–Crippen LogP) is 4.53. The Morgan fingerprint density at radius 1 is 0.556 bits per heavy atom. The number of rotatable bonds is 1. The number of benzene rings is 3. The Bertz CT molecular complexity index is 1040. The van der Waals surface area contributed by atoms with Gasteiger partial charge in [0.1, 0.15) is 0 Å². The van der Waals surface area contributed by atoms with Gasteiger partial charge in [0.15, 0.2) is 6.29 Å². The zero-order chi connectivity index (χ0) is 18.3. The first kappa shape index (κ1) is 17.1. The molecule has 1 saturated heterocycles. The van der Waals surface area contributed by atoms with Gasteiger partial charge in [0, 0.05) is 27.8 Å². The summed E-state index contributed by atoms with van der Waals surface area (Å²) in [6.45, 7) is 1.23. The lowest BCUT2D eigenvalue weighted by molar-refractivity contribution is -0.0442. The summed E-state index contributed by atoms with van der Waals surface area (Å²) < 4.78 is 11.3. The van der Waals surface area contributed by atoms with Gasteiger partial charge in [-0.25, -0.2) is 0 Å². The fraction of sp³-hybridized carbons (Fsp3) is 0.120. The molecule has 0 unspecified atom stereocenters. The Labute approximate surface area is 159 Å². The van der Waals surface area contributed by atoms with Crippen LogP contribution in [0, 0.1) is 23.7 Å². The normalized spacial score (nSPS) is 13.3. The van der Waals surface area contributed by atoms with Crippen molar-refractivity contribution in [2.45, 2.75) is 6.29 Å². The monoisotopic (exact) mass is 350 g/mol. The van der Waals surface area contributed by atoms with E-state index in [0.29, 0.717) is 13.2 Å². The first-order chi connectivity index (χ1) is 13.4. The highest BCUT2D eigenvalue weighted by atomic mass is 16.7. The molecule has 27 heavy (non-hydrogen) atoms. The molecule has 3 aromatic rings. The average molecular weight is 350 g/mol. The van der Waals surface area contributed by atoms with E-state index >= 15 is 0 Å². The highest BCUT2D eigenvalue weighted by Crippen LogP contribution is 2.25. The molecule has 0 aromatic heterocycles. The van der Waals surface area contributed by atoms with Crippen LogP contribution < -0.4 is 0 Å². The molecule has 0 N–H and O–H groups in total. The summed E-state index contributed by atoms with van der Waals surface area (Å²) in [5.41, 5.74) is 4.69. The molecule has 0 amide bonds. The molecule has 0 aliphatic carbocycles. The molecular weight excluding hydrogens is 332 g/mol. The Balaban J connectivity index is 1.65. The van der Waals surface area contributed by atoms with Gasteiger partial charge in [-0.1, -0.05) is 72.2 Å². The second kappa shape index (κ2) is 8.39. The van der Waals surface area contributed by atoms with Gasteiger partial charge in [-0.3, -0.25) is 0 Å². The maximum absolute atomic E-state index is 5.63. The molecule has 1 fully saturated rings. The number of ether oxygens (including phenoxy) is 2. The van der Waals surface area contributed by atoms with Crippen LogP contribution in [0.5, 0.6) is 0 Å². The van der Waals surface area contributed by atoms with Crippen molar-refractivity contribution in [2.75, 3.05) is 13.2 Å². The molecule has 1 heterocycles. The standard InChI is InChI=1S/C25H18O2/c1-2-8-20(9-3-1)14-15-21-10-4-5-11-22(21)16-17-23-12-6-7-13-24(23)25-26-18-19-27-25/h1-13,25H,18-19H2. The van der Waals surface area contributed by atoms with E-state index in [4.69, 9.17) is 9.47 Å². The third kappa shape index (κ3) is 4.27. The van der Waals surface area contributed by atoms with Crippen molar-refractivity contribution in [3.8, 4) is 23.7 Å². The van der Waals surface area contributed by atoms with Gasteiger partial charge < -0.3 is 9.47 Å². The highest BCUT2D eigenvalue weighted by molar-refractivity contribution is 5.55. The van der Waals surface area contributed by atoms with Crippen LogP contribution in [-0.2, 0) is 9.47 Å². The van der Waals surface area contributed by atoms with E-state index < -0.39 is 0 Å². The molecule has 0 saturated carbocycles. The van der Waals surface area contributed by atoms with Gasteiger partial charge in [0.05, 0.1) is 13.2 Å². The van der Waals surface area contributed by atoms with Crippen LogP contribution in [0.25, 0.3) is 0 Å². The lowest BCUT2D eigenvalue weighted by Gasteiger charge is -2.10. The predicted molar refractivity (Wildman–Crippen MR) is 106 cm³/mol. The van der Waals surface area contributed by atoms with Crippen molar-refractivity contribution >= 4 is 0 Å². The lowest BCUT2D eigenvalue weighted by atomic mass is 10.0. The highest BCUT2D eigenvalue weighted by Gasteiger charge is 2.20. The van der Waals surface area contributed by atoms with Gasteiger partial charge in [-0.2, -0.15) is 0 Å². The first-order valence-corrected chi connectivity index (χ1v) is 8.90. The van der Waals surface area contributed by atoms with Crippen LogP contribution in [0.1, 0.15) is 34.1 Å². The van der Waals surface area contributed by atoms with Crippen molar-refractivity contribution in [1.82, 2.24) is 0 Å². The Kier molecular flexibility index (Phi) is 5.32. The first-order valence-electron chi connectivity index (χ1n) is 8.90. The van der Waals surface area contributed by atoms with Crippen LogP contribution in [-0.4, -0.2) is 13.2 Å². The second-order valence-electron chi connectivity index (χ2n) is 6.07. The molecular formula is C25H18O2. The SMILES string of the molecule is C(#Cc1ccccc1C#Cc1ccccc1C1OCCO1)c1ccccc1. The van der Waals surface area contributed by atoms with Gasteiger partial charge in [0.25, 0.3) is 0 Å². The quantitative estimate of drug-likeness (QED) is 0.600. The summed E-state index contributed by atoms with van der Waals surface area (Å²) in [7, 11) is 0. The third-order valence-corrected chi connectivity index (χ3v) is 4.21. The molecule has 0 atom stereocenters. The Morgan fingerprint density at radius 2 is 1.07 bits per heavy atom. The van der Waals surface area contributed by atoms with Crippen LogP contribution in [0.2, 0.25) is 0 Å². The van der Waals surface area contributed by atoms with E-state index in [0.717, 1.165) is 27.8 Å². The maximum Gasteiger partial charge on any atom is 0.185 e. The molecule has 0 radical (unpaired) electrons. The lowest BCUT2D eigenvalue weighted by Crippen LogP contribution is -2.00. The minimum absolute atomic E-state index is 0.330. The topological polar surface area (TPSA) is 18.5 Å². The van der Waals surface area contributed by atoms with Crippen molar-refractivity contribution in [3.63, 3.8) is 0 Å². The zero-order valence-electron chi connectivity index (χ0n) is 14.8. The van der Waals surface area contributed by atoms with Crippen LogP contribution >= 0.6 is 0 Å². The smallest absolute Gasteiger partial charge is 0.185 e. The van der Waals surface area contributed by atoms with Crippen molar-refractivity contribution < 1.29 is 9.47 Å². The van der Waals surface area contributed by atoms with E-state index in [1.807, 2.05) is 78.9 Å². The number of hydrogen-bond acceptors (Lipinski definition) is 2. The van der Waals surface area contributed by atoms with Crippen LogP contribution in [0.15, 0.2) is 78.9 Å². The zero-order valence-corrected chi connectivity index (χ0v) is 14.8. The van der Waals surface area contributed by atoms with Crippen LogP contribution in [0.3, 0.4) is 0 Å². The van der Waals surface area contributed by atoms with Gasteiger partial charge in [-0.05, 0) is 30.3 Å². The summed E-state index contributed by atoms with van der Waals surface area (Å²) in [6.07, 6.45) is -0.330. The molecule has 0 bridgehead atoms. The molecule has 0 spiro atoms. The fourth-order valence-electron chi connectivity index (χ4n) is 2.85. The maximum atomic E-state index is 5.63. The molecule has 3 aromatic carbocycles. The average Bonchev–Trinajstić information content (AvgIpc) is 3.27. The van der Waals surface area contributed by atoms with Crippen molar-refractivity contribution in [3.05, 3.63) is 107 Å². The Hall–Kier alpha value is -3.30. The summed E-state index contributed by atoms with van der Waals surface area (Å²) >= 11 is 0. The minimum Gasteiger partial charge on any atom is -0.346 e. The molecule has 2 heteroatoms. The molecule has 1 aliphatic heterocycles. The van der Waals surface area contributed by atoms with Crippen molar-refractivity contribution in [2.24, 2.45) is 0 Å². The van der Waals surface area contributed by atoms with E-state index in [9.17, 15) is 0 Å². The number of hydrogen-bond donors (Lipinski definition) is 0. The summed E-state index contributed by atoms with van der Waals surface area (Å²) in [6, 6.07) is 25.8. The van der Waals surface area contributed by atoms with Gasteiger partial charge >= 0.3 is 0 Å². The molecule has 2 nitrogen and oxygen atoms in total. The summed E-state index contributed by atoms with van der Waals surface area (Å²) in [5, 5.41) is 0.